The minimum atomic E-state index is -4.59. The molecule has 0 radical (unpaired) electrons. The first kappa shape index (κ1) is 15.6. The van der Waals surface area contributed by atoms with Crippen molar-refractivity contribution in [3.8, 4) is 11.5 Å². The molecule has 7 heteroatoms. The zero-order chi connectivity index (χ0) is 15.6. The fourth-order valence-electron chi connectivity index (χ4n) is 1.68. The maximum Gasteiger partial charge on any atom is 0.416 e. The molecule has 0 heterocycles. The Kier molecular flexibility index (Phi) is 4.37. The van der Waals surface area contributed by atoms with E-state index >= 15 is 0 Å². The molecule has 0 amide bonds. The third-order valence-corrected chi connectivity index (χ3v) is 2.95. The van der Waals surface area contributed by atoms with E-state index in [9.17, 15) is 22.0 Å². The Morgan fingerprint density at radius 1 is 0.905 bits per heavy atom. The molecule has 0 N–H and O–H groups in total. The first-order valence-electron chi connectivity index (χ1n) is 5.70. The van der Waals surface area contributed by atoms with Crippen molar-refractivity contribution in [3.63, 3.8) is 0 Å². The van der Waals surface area contributed by atoms with Crippen LogP contribution in [0.2, 0.25) is 0 Å². The van der Waals surface area contributed by atoms with E-state index < -0.39 is 23.4 Å². The Labute approximate surface area is 121 Å². The van der Waals surface area contributed by atoms with Crippen molar-refractivity contribution < 1.29 is 26.7 Å². The maximum absolute atomic E-state index is 13.0. The largest absolute Gasteiger partial charge is 0.457 e. The second-order valence-electron chi connectivity index (χ2n) is 4.13. The van der Waals surface area contributed by atoms with Crippen LogP contribution < -0.4 is 4.74 Å². The van der Waals surface area contributed by atoms with Crippen molar-refractivity contribution in [1.82, 2.24) is 0 Å². The topological polar surface area (TPSA) is 9.23 Å². The van der Waals surface area contributed by atoms with Crippen LogP contribution in [0.15, 0.2) is 36.4 Å². The summed E-state index contributed by atoms with van der Waals surface area (Å²) >= 11 is 5.46. The van der Waals surface area contributed by atoms with Gasteiger partial charge < -0.3 is 4.74 Å². The van der Waals surface area contributed by atoms with Gasteiger partial charge in [0.1, 0.15) is 11.5 Å². The van der Waals surface area contributed by atoms with Crippen molar-refractivity contribution in [2.75, 3.05) is 0 Å². The minimum absolute atomic E-state index is 0.0956. The third-order valence-electron chi connectivity index (χ3n) is 2.66. The van der Waals surface area contributed by atoms with Crippen molar-refractivity contribution >= 4 is 11.6 Å². The van der Waals surface area contributed by atoms with E-state index in [-0.39, 0.29) is 22.9 Å². The van der Waals surface area contributed by atoms with E-state index in [2.05, 4.69) is 0 Å². The van der Waals surface area contributed by atoms with Gasteiger partial charge >= 0.3 is 6.18 Å². The standard InChI is InChI=1S/C14H8ClF5O/c15-7-8-1-2-9(5-11(8)14(18,19)20)21-10-3-4-12(16)13(17)6-10/h1-6H,7H2. The van der Waals surface area contributed by atoms with Gasteiger partial charge in [0.25, 0.3) is 0 Å². The lowest BCUT2D eigenvalue weighted by atomic mass is 10.1. The van der Waals surface area contributed by atoms with Crippen molar-refractivity contribution in [1.29, 1.82) is 0 Å². The molecule has 0 aliphatic heterocycles. The normalized spacial score (nSPS) is 11.5. The molecule has 0 unspecified atom stereocenters. The summed E-state index contributed by atoms with van der Waals surface area (Å²) in [4.78, 5) is 0. The van der Waals surface area contributed by atoms with Crippen LogP contribution in [0, 0.1) is 11.6 Å². The molecule has 112 valence electrons. The van der Waals surface area contributed by atoms with Gasteiger partial charge in [-0.2, -0.15) is 13.2 Å². The van der Waals surface area contributed by atoms with Crippen LogP contribution >= 0.6 is 11.6 Å². The lowest BCUT2D eigenvalue weighted by Gasteiger charge is -2.13. The van der Waals surface area contributed by atoms with Gasteiger partial charge in [-0.1, -0.05) is 6.07 Å². The molecule has 0 aromatic heterocycles. The summed E-state index contributed by atoms with van der Waals surface area (Å²) < 4.78 is 69.4. The first-order valence-corrected chi connectivity index (χ1v) is 6.23. The molecular weight excluding hydrogens is 315 g/mol. The average Bonchev–Trinajstić information content (AvgIpc) is 2.42. The highest BCUT2D eigenvalue weighted by Crippen LogP contribution is 2.36. The number of halogens is 6. The molecule has 0 bridgehead atoms. The molecule has 0 fully saturated rings. The number of rotatable bonds is 3. The monoisotopic (exact) mass is 322 g/mol. The van der Waals surface area contributed by atoms with Gasteiger partial charge in [0, 0.05) is 11.9 Å². The summed E-state index contributed by atoms with van der Waals surface area (Å²) in [6, 6.07) is 5.89. The van der Waals surface area contributed by atoms with Crippen molar-refractivity contribution in [2.24, 2.45) is 0 Å². The Bertz CT molecular complexity index is 654. The van der Waals surface area contributed by atoms with Crippen LogP contribution in [0.4, 0.5) is 22.0 Å². The molecule has 0 atom stereocenters. The molecule has 0 aliphatic carbocycles. The van der Waals surface area contributed by atoms with E-state index in [0.717, 1.165) is 24.3 Å². The Morgan fingerprint density at radius 3 is 2.10 bits per heavy atom. The number of hydrogen-bond acceptors (Lipinski definition) is 1. The minimum Gasteiger partial charge on any atom is -0.457 e. The van der Waals surface area contributed by atoms with Gasteiger partial charge in [-0.05, 0) is 29.8 Å². The molecule has 0 spiro atoms. The Balaban J connectivity index is 2.34. The van der Waals surface area contributed by atoms with Crippen LogP contribution in [0.3, 0.4) is 0 Å². The highest BCUT2D eigenvalue weighted by atomic mass is 35.5. The summed E-state index contributed by atoms with van der Waals surface area (Å²) in [5.74, 6) is -2.79. The lowest BCUT2D eigenvalue weighted by molar-refractivity contribution is -0.138. The second kappa shape index (κ2) is 5.89. The van der Waals surface area contributed by atoms with Gasteiger partial charge in [0.15, 0.2) is 11.6 Å². The number of ether oxygens (including phenoxy) is 1. The van der Waals surface area contributed by atoms with Gasteiger partial charge in [-0.25, -0.2) is 8.78 Å². The predicted octanol–water partition coefficient (Wildman–Crippen LogP) is 5.51. The fourth-order valence-corrected chi connectivity index (χ4v) is 1.91. The van der Waals surface area contributed by atoms with E-state index in [0.29, 0.717) is 0 Å². The van der Waals surface area contributed by atoms with Gasteiger partial charge in [0.2, 0.25) is 0 Å². The number of alkyl halides is 4. The summed E-state index contributed by atoms with van der Waals surface area (Å²) in [5, 5.41) is 0. The third kappa shape index (κ3) is 3.64. The molecular formula is C14H8ClF5O. The van der Waals surface area contributed by atoms with E-state index in [1.165, 1.54) is 12.1 Å². The number of hydrogen-bond donors (Lipinski definition) is 0. The molecule has 0 aliphatic rings. The van der Waals surface area contributed by atoms with Crippen LogP contribution in [0.5, 0.6) is 11.5 Å². The summed E-state index contributed by atoms with van der Waals surface area (Å²) in [5.41, 5.74) is -1.03. The SMILES string of the molecule is Fc1ccc(Oc2ccc(CCl)c(C(F)(F)F)c2)cc1F. The Hall–Kier alpha value is -1.82. The second-order valence-corrected chi connectivity index (χ2v) is 4.40. The molecule has 0 saturated heterocycles. The van der Waals surface area contributed by atoms with Crippen LogP contribution in [0.1, 0.15) is 11.1 Å². The van der Waals surface area contributed by atoms with Crippen LogP contribution in [-0.2, 0) is 12.1 Å². The Morgan fingerprint density at radius 2 is 1.52 bits per heavy atom. The van der Waals surface area contributed by atoms with E-state index in [1.54, 1.807) is 0 Å². The molecule has 0 saturated carbocycles. The number of benzene rings is 2. The molecule has 21 heavy (non-hydrogen) atoms. The highest BCUT2D eigenvalue weighted by Gasteiger charge is 2.33. The zero-order valence-electron chi connectivity index (χ0n) is 10.3. The molecule has 2 aromatic carbocycles. The smallest absolute Gasteiger partial charge is 0.416 e. The zero-order valence-corrected chi connectivity index (χ0v) is 11.1. The summed E-state index contributed by atoms with van der Waals surface area (Å²) in [6.45, 7) is 0. The maximum atomic E-state index is 13.0. The highest BCUT2D eigenvalue weighted by molar-refractivity contribution is 6.17. The van der Waals surface area contributed by atoms with Gasteiger partial charge in [-0.3, -0.25) is 0 Å². The molecule has 2 aromatic rings. The fraction of sp³-hybridized carbons (Fsp3) is 0.143. The lowest BCUT2D eigenvalue weighted by Crippen LogP contribution is -2.08. The van der Waals surface area contributed by atoms with E-state index in [4.69, 9.17) is 16.3 Å². The van der Waals surface area contributed by atoms with Crippen molar-refractivity contribution in [2.45, 2.75) is 12.1 Å². The first-order chi connectivity index (χ1) is 9.81. The van der Waals surface area contributed by atoms with Gasteiger partial charge in [0.05, 0.1) is 5.56 Å². The van der Waals surface area contributed by atoms with E-state index in [1.807, 2.05) is 0 Å². The summed E-state index contributed by atoms with van der Waals surface area (Å²) in [7, 11) is 0. The molecule has 2 rings (SSSR count). The van der Waals surface area contributed by atoms with Crippen molar-refractivity contribution in [3.05, 3.63) is 59.2 Å². The quantitative estimate of drug-likeness (QED) is 0.534. The average molecular weight is 323 g/mol. The summed E-state index contributed by atoms with van der Waals surface area (Å²) in [6.07, 6.45) is -4.59. The van der Waals surface area contributed by atoms with Gasteiger partial charge in [-0.15, -0.1) is 11.6 Å². The predicted molar refractivity (Wildman–Crippen MR) is 67.4 cm³/mol. The van der Waals surface area contributed by atoms with Crippen LogP contribution in [-0.4, -0.2) is 0 Å². The van der Waals surface area contributed by atoms with Crippen LogP contribution in [0.25, 0.3) is 0 Å². The molecule has 1 nitrogen and oxygen atoms in total.